The maximum Gasteiger partial charge on any atom is 0.302 e. The van der Waals surface area contributed by atoms with E-state index in [1.54, 1.807) is 0 Å². The highest BCUT2D eigenvalue weighted by molar-refractivity contribution is 6.31. The molecule has 27 heavy (non-hydrogen) atoms. The number of ether oxygens (including phenoxy) is 2. The SMILES string of the molecule is CC(=O)OCCN1CCN(CCOC(C)=O)CC1.CCc1ccccc1Cl. The molecule has 1 aromatic carbocycles. The van der Waals surface area contributed by atoms with Crippen molar-refractivity contribution in [2.75, 3.05) is 52.5 Å². The fourth-order valence-corrected chi connectivity index (χ4v) is 2.93. The lowest BCUT2D eigenvalue weighted by Crippen LogP contribution is -2.48. The second kappa shape index (κ2) is 13.5. The molecule has 0 aliphatic carbocycles. The maximum atomic E-state index is 10.6. The zero-order valence-corrected chi connectivity index (χ0v) is 17.3. The van der Waals surface area contributed by atoms with E-state index >= 15 is 0 Å². The molecule has 1 heterocycles. The van der Waals surface area contributed by atoms with E-state index in [1.165, 1.54) is 19.4 Å². The first kappa shape index (κ1) is 23.4. The van der Waals surface area contributed by atoms with Crippen LogP contribution >= 0.6 is 11.6 Å². The van der Waals surface area contributed by atoms with Crippen molar-refractivity contribution in [1.29, 1.82) is 0 Å². The third-order valence-electron chi connectivity index (χ3n) is 4.23. The first-order valence-electron chi connectivity index (χ1n) is 9.37. The van der Waals surface area contributed by atoms with Crippen molar-refractivity contribution in [1.82, 2.24) is 9.80 Å². The van der Waals surface area contributed by atoms with Crippen molar-refractivity contribution < 1.29 is 19.1 Å². The summed E-state index contributed by atoms with van der Waals surface area (Å²) in [5, 5.41) is 0.875. The summed E-state index contributed by atoms with van der Waals surface area (Å²) < 4.78 is 9.82. The standard InChI is InChI=1S/C12H22N2O4.C8H9Cl/c1-11(15)17-9-7-13-3-5-14(6-4-13)8-10-18-12(2)16;1-2-7-5-3-4-6-8(7)9/h3-10H2,1-2H3;3-6H,2H2,1H3. The zero-order valence-electron chi connectivity index (χ0n) is 16.6. The summed E-state index contributed by atoms with van der Waals surface area (Å²) in [5.74, 6) is -0.454. The Hall–Kier alpha value is -1.63. The van der Waals surface area contributed by atoms with Crippen LogP contribution in [0.2, 0.25) is 5.02 Å². The molecule has 152 valence electrons. The van der Waals surface area contributed by atoms with Gasteiger partial charge in [-0.05, 0) is 18.1 Å². The first-order valence-corrected chi connectivity index (χ1v) is 9.75. The normalized spacial score (nSPS) is 14.8. The van der Waals surface area contributed by atoms with Crippen molar-refractivity contribution in [3.8, 4) is 0 Å². The lowest BCUT2D eigenvalue weighted by atomic mass is 10.2. The van der Waals surface area contributed by atoms with E-state index in [1.807, 2.05) is 24.3 Å². The zero-order chi connectivity index (χ0) is 20.1. The highest BCUT2D eigenvalue weighted by atomic mass is 35.5. The van der Waals surface area contributed by atoms with Crippen LogP contribution in [0.4, 0.5) is 0 Å². The van der Waals surface area contributed by atoms with Gasteiger partial charge in [-0.3, -0.25) is 19.4 Å². The van der Waals surface area contributed by atoms with Crippen molar-refractivity contribution >= 4 is 23.5 Å². The minimum atomic E-state index is -0.227. The molecule has 1 aliphatic heterocycles. The monoisotopic (exact) mass is 398 g/mol. The fraction of sp³-hybridized carbons (Fsp3) is 0.600. The van der Waals surface area contributed by atoms with E-state index in [0.29, 0.717) is 13.2 Å². The number of rotatable bonds is 7. The van der Waals surface area contributed by atoms with Gasteiger partial charge in [-0.2, -0.15) is 0 Å². The summed E-state index contributed by atoms with van der Waals surface area (Å²) in [6, 6.07) is 7.91. The van der Waals surface area contributed by atoms with Gasteiger partial charge in [-0.15, -0.1) is 0 Å². The summed E-state index contributed by atoms with van der Waals surface area (Å²) >= 11 is 5.82. The van der Waals surface area contributed by atoms with Gasteiger partial charge in [-0.25, -0.2) is 0 Å². The molecule has 0 spiro atoms. The quantitative estimate of drug-likeness (QED) is 0.658. The minimum absolute atomic E-state index is 0.227. The molecule has 0 bridgehead atoms. The van der Waals surface area contributed by atoms with Crippen molar-refractivity contribution in [3.05, 3.63) is 34.9 Å². The van der Waals surface area contributed by atoms with Crippen molar-refractivity contribution in [2.24, 2.45) is 0 Å². The smallest absolute Gasteiger partial charge is 0.302 e. The molecule has 0 aromatic heterocycles. The van der Waals surface area contributed by atoms with Gasteiger partial charge in [0, 0.05) is 58.1 Å². The lowest BCUT2D eigenvalue weighted by molar-refractivity contribution is -0.142. The Morgan fingerprint density at radius 2 is 1.37 bits per heavy atom. The number of carbonyl (C=O) groups is 2. The number of piperazine rings is 1. The highest BCUT2D eigenvalue weighted by Gasteiger charge is 2.16. The molecule has 7 heteroatoms. The number of hydrogen-bond acceptors (Lipinski definition) is 6. The Kier molecular flexibility index (Phi) is 11.7. The predicted molar refractivity (Wildman–Crippen MR) is 107 cm³/mol. The van der Waals surface area contributed by atoms with E-state index in [0.717, 1.165) is 50.7 Å². The highest BCUT2D eigenvalue weighted by Crippen LogP contribution is 2.14. The predicted octanol–water partition coefficient (Wildman–Crippen LogP) is 2.63. The van der Waals surface area contributed by atoms with Crippen LogP contribution in [0.3, 0.4) is 0 Å². The van der Waals surface area contributed by atoms with Crippen LogP contribution < -0.4 is 0 Å². The molecule has 2 rings (SSSR count). The van der Waals surface area contributed by atoms with Crippen LogP contribution in [0.1, 0.15) is 26.3 Å². The molecular formula is C20H31ClN2O4. The third kappa shape index (κ3) is 11.0. The van der Waals surface area contributed by atoms with Gasteiger partial charge in [-0.1, -0.05) is 36.7 Å². The van der Waals surface area contributed by atoms with Gasteiger partial charge < -0.3 is 9.47 Å². The summed E-state index contributed by atoms with van der Waals surface area (Å²) in [5.41, 5.74) is 1.22. The number of nitrogens with zero attached hydrogens (tertiary/aromatic N) is 2. The van der Waals surface area contributed by atoms with Crippen molar-refractivity contribution in [3.63, 3.8) is 0 Å². The second-order valence-corrected chi connectivity index (χ2v) is 6.72. The molecule has 1 saturated heterocycles. The Labute approximate surface area is 167 Å². The van der Waals surface area contributed by atoms with E-state index in [9.17, 15) is 9.59 Å². The molecule has 0 radical (unpaired) electrons. The molecule has 0 unspecified atom stereocenters. The topological polar surface area (TPSA) is 59.1 Å². The third-order valence-corrected chi connectivity index (χ3v) is 4.60. The number of carbonyl (C=O) groups excluding carboxylic acids is 2. The average Bonchev–Trinajstić information content (AvgIpc) is 2.63. The molecule has 0 N–H and O–H groups in total. The average molecular weight is 399 g/mol. The van der Waals surface area contributed by atoms with E-state index in [2.05, 4.69) is 16.7 Å². The summed E-state index contributed by atoms with van der Waals surface area (Å²) in [6.45, 7) is 11.3. The number of hydrogen-bond donors (Lipinski definition) is 0. The Bertz CT molecular complexity index is 547. The summed E-state index contributed by atoms with van der Waals surface area (Å²) in [6.07, 6.45) is 1.01. The number of halogens is 1. The summed E-state index contributed by atoms with van der Waals surface area (Å²) in [7, 11) is 0. The van der Waals surface area contributed by atoms with Gasteiger partial charge in [0.15, 0.2) is 0 Å². The van der Waals surface area contributed by atoms with Crippen molar-refractivity contribution in [2.45, 2.75) is 27.2 Å². The second-order valence-electron chi connectivity index (χ2n) is 6.31. The maximum absolute atomic E-state index is 10.6. The van der Waals surface area contributed by atoms with Crippen LogP contribution in [0.5, 0.6) is 0 Å². The number of benzene rings is 1. The van der Waals surface area contributed by atoms with Gasteiger partial charge in [0.2, 0.25) is 0 Å². The number of aryl methyl sites for hydroxylation is 1. The molecule has 1 aliphatic rings. The van der Waals surface area contributed by atoms with Gasteiger partial charge in [0.1, 0.15) is 13.2 Å². The van der Waals surface area contributed by atoms with E-state index < -0.39 is 0 Å². The van der Waals surface area contributed by atoms with Gasteiger partial charge in [0.05, 0.1) is 0 Å². The Morgan fingerprint density at radius 3 is 1.70 bits per heavy atom. The van der Waals surface area contributed by atoms with Crippen LogP contribution in [0.25, 0.3) is 0 Å². The molecule has 0 atom stereocenters. The Morgan fingerprint density at radius 1 is 0.926 bits per heavy atom. The van der Waals surface area contributed by atoms with Crippen LogP contribution in [0.15, 0.2) is 24.3 Å². The van der Waals surface area contributed by atoms with Gasteiger partial charge >= 0.3 is 11.9 Å². The van der Waals surface area contributed by atoms with Crippen LogP contribution in [0, 0.1) is 0 Å². The van der Waals surface area contributed by atoms with Gasteiger partial charge in [0.25, 0.3) is 0 Å². The molecule has 1 aromatic rings. The largest absolute Gasteiger partial charge is 0.465 e. The van der Waals surface area contributed by atoms with Crippen LogP contribution in [-0.4, -0.2) is 74.2 Å². The minimum Gasteiger partial charge on any atom is -0.465 e. The lowest BCUT2D eigenvalue weighted by Gasteiger charge is -2.34. The number of esters is 2. The summed E-state index contributed by atoms with van der Waals surface area (Å²) in [4.78, 5) is 25.8. The fourth-order valence-electron chi connectivity index (χ4n) is 2.66. The van der Waals surface area contributed by atoms with E-state index in [4.69, 9.17) is 21.1 Å². The molecular weight excluding hydrogens is 368 g/mol. The molecule has 1 fully saturated rings. The molecule has 0 amide bonds. The van der Waals surface area contributed by atoms with E-state index in [-0.39, 0.29) is 11.9 Å². The molecule has 0 saturated carbocycles. The molecule has 6 nitrogen and oxygen atoms in total. The van der Waals surface area contributed by atoms with Crippen LogP contribution in [-0.2, 0) is 25.5 Å². The first-order chi connectivity index (χ1) is 12.9. The Balaban J connectivity index is 0.000000337.